The molecule has 86 valence electrons. The highest BCUT2D eigenvalue weighted by Gasteiger charge is 2.15. The quantitative estimate of drug-likeness (QED) is 0.394. The molecule has 0 aromatic heterocycles. The van der Waals surface area contributed by atoms with Crippen molar-refractivity contribution in [2.45, 2.75) is 0 Å². The van der Waals surface area contributed by atoms with Crippen LogP contribution >= 0.6 is 0 Å². The van der Waals surface area contributed by atoms with E-state index in [4.69, 9.17) is 21.3 Å². The van der Waals surface area contributed by atoms with E-state index in [1.807, 2.05) is 6.07 Å². The number of benzene rings is 1. The van der Waals surface area contributed by atoms with Crippen LogP contribution in [0.4, 0.5) is 5.69 Å². The van der Waals surface area contributed by atoms with Crippen LogP contribution in [0.15, 0.2) is 23.3 Å². The van der Waals surface area contributed by atoms with Gasteiger partial charge in [-0.1, -0.05) is 6.07 Å². The molecule has 0 fully saturated rings. The summed E-state index contributed by atoms with van der Waals surface area (Å²) in [5.41, 5.74) is 1.38. The Morgan fingerprint density at radius 3 is 3.12 bits per heavy atom. The average Bonchev–Trinajstić information content (AvgIpc) is 2.39. The van der Waals surface area contributed by atoms with E-state index in [0.29, 0.717) is 17.9 Å². The third-order valence-electron chi connectivity index (χ3n) is 2.41. The minimum atomic E-state index is -0.267. The van der Waals surface area contributed by atoms with Gasteiger partial charge >= 0.3 is 0 Å². The molecule has 0 amide bonds. The predicted octanol–water partition coefficient (Wildman–Crippen LogP) is 0.697. The standard InChI is InChI=1S/C11H11N5O/c12-6-8(13)11(16-14)7-1-2-9-10(5-7)17-4-3-15-9/h1-2,5,13,15H,3-4,14H2. The van der Waals surface area contributed by atoms with Crippen LogP contribution in [0.2, 0.25) is 0 Å². The number of ether oxygens (including phenoxy) is 1. The van der Waals surface area contributed by atoms with Crippen molar-refractivity contribution in [2.75, 3.05) is 18.5 Å². The van der Waals surface area contributed by atoms with Crippen molar-refractivity contribution in [3.05, 3.63) is 23.8 Å². The van der Waals surface area contributed by atoms with Gasteiger partial charge in [0, 0.05) is 12.1 Å². The zero-order valence-corrected chi connectivity index (χ0v) is 9.03. The summed E-state index contributed by atoms with van der Waals surface area (Å²) in [5.74, 6) is 5.88. The first-order chi connectivity index (χ1) is 8.26. The third kappa shape index (κ3) is 2.03. The Labute approximate surface area is 98.2 Å². The maximum absolute atomic E-state index is 8.68. The molecule has 0 spiro atoms. The topological polar surface area (TPSA) is 107 Å². The van der Waals surface area contributed by atoms with Crippen LogP contribution in [-0.2, 0) is 0 Å². The first-order valence-corrected chi connectivity index (χ1v) is 5.04. The molecular weight excluding hydrogens is 218 g/mol. The van der Waals surface area contributed by atoms with Crippen molar-refractivity contribution in [3.63, 3.8) is 0 Å². The second-order valence-corrected chi connectivity index (χ2v) is 3.45. The minimum Gasteiger partial charge on any atom is -0.490 e. The van der Waals surface area contributed by atoms with Gasteiger partial charge in [-0.3, -0.25) is 5.41 Å². The molecule has 1 aliphatic heterocycles. The maximum Gasteiger partial charge on any atom is 0.160 e. The van der Waals surface area contributed by atoms with Crippen molar-refractivity contribution >= 4 is 17.1 Å². The molecular formula is C11H11N5O. The zero-order valence-electron chi connectivity index (χ0n) is 9.03. The van der Waals surface area contributed by atoms with Crippen molar-refractivity contribution < 1.29 is 4.74 Å². The number of hydrogen-bond acceptors (Lipinski definition) is 6. The van der Waals surface area contributed by atoms with Gasteiger partial charge < -0.3 is 15.9 Å². The molecule has 0 aliphatic carbocycles. The van der Waals surface area contributed by atoms with E-state index in [9.17, 15) is 0 Å². The van der Waals surface area contributed by atoms with Gasteiger partial charge in [-0.05, 0) is 12.1 Å². The third-order valence-corrected chi connectivity index (χ3v) is 2.41. The van der Waals surface area contributed by atoms with Gasteiger partial charge in [-0.15, -0.1) is 0 Å². The Balaban J connectivity index is 2.40. The summed E-state index contributed by atoms with van der Waals surface area (Å²) in [6.07, 6.45) is 0. The Morgan fingerprint density at radius 1 is 1.59 bits per heavy atom. The van der Waals surface area contributed by atoms with Gasteiger partial charge in [0.25, 0.3) is 0 Å². The molecule has 1 aliphatic rings. The lowest BCUT2D eigenvalue weighted by Gasteiger charge is -2.19. The minimum absolute atomic E-state index is 0.157. The number of hydrogen-bond donors (Lipinski definition) is 3. The highest BCUT2D eigenvalue weighted by atomic mass is 16.5. The summed E-state index contributed by atoms with van der Waals surface area (Å²) in [4.78, 5) is 0. The van der Waals surface area contributed by atoms with Crippen LogP contribution in [0.3, 0.4) is 0 Å². The van der Waals surface area contributed by atoms with Gasteiger partial charge in [0.05, 0.1) is 5.69 Å². The summed E-state index contributed by atoms with van der Waals surface area (Å²) in [6.45, 7) is 1.35. The average molecular weight is 229 g/mol. The summed E-state index contributed by atoms with van der Waals surface area (Å²) in [6, 6.07) is 7.00. The van der Waals surface area contributed by atoms with E-state index < -0.39 is 0 Å². The molecule has 0 unspecified atom stereocenters. The smallest absolute Gasteiger partial charge is 0.160 e. The van der Waals surface area contributed by atoms with Crippen LogP contribution in [0.1, 0.15) is 5.56 Å². The summed E-state index contributed by atoms with van der Waals surface area (Å²) in [5, 5.41) is 22.8. The number of nitrogens with one attached hydrogen (secondary N) is 2. The number of nitriles is 1. The van der Waals surface area contributed by atoms with Crippen molar-refractivity contribution in [1.82, 2.24) is 0 Å². The number of nitrogens with zero attached hydrogens (tertiary/aromatic N) is 2. The van der Waals surface area contributed by atoms with E-state index in [-0.39, 0.29) is 11.4 Å². The number of rotatable bonds is 2. The van der Waals surface area contributed by atoms with Crippen LogP contribution < -0.4 is 15.9 Å². The Bertz CT molecular complexity index is 529. The predicted molar refractivity (Wildman–Crippen MR) is 64.5 cm³/mol. The van der Waals surface area contributed by atoms with E-state index in [1.165, 1.54) is 0 Å². The molecule has 17 heavy (non-hydrogen) atoms. The fraction of sp³-hybridized carbons (Fsp3) is 0.182. The normalized spacial score (nSPS) is 13.9. The van der Waals surface area contributed by atoms with Crippen LogP contribution in [0, 0.1) is 16.7 Å². The lowest BCUT2D eigenvalue weighted by atomic mass is 10.1. The molecule has 0 atom stereocenters. The largest absolute Gasteiger partial charge is 0.490 e. The number of fused-ring (bicyclic) bond motifs is 1. The molecule has 1 aromatic carbocycles. The molecule has 1 heterocycles. The first kappa shape index (κ1) is 11.0. The van der Waals surface area contributed by atoms with Gasteiger partial charge in [0.1, 0.15) is 24.1 Å². The monoisotopic (exact) mass is 229 g/mol. The van der Waals surface area contributed by atoms with Gasteiger partial charge in [0.15, 0.2) is 5.71 Å². The second-order valence-electron chi connectivity index (χ2n) is 3.45. The number of nitrogens with two attached hydrogens (primary N) is 1. The Morgan fingerprint density at radius 2 is 2.41 bits per heavy atom. The summed E-state index contributed by atoms with van der Waals surface area (Å²) >= 11 is 0. The summed E-state index contributed by atoms with van der Waals surface area (Å²) < 4.78 is 5.46. The lowest BCUT2D eigenvalue weighted by molar-refractivity contribution is 0.323. The van der Waals surface area contributed by atoms with Gasteiger partial charge in [-0.2, -0.15) is 10.4 Å². The highest BCUT2D eigenvalue weighted by molar-refractivity contribution is 6.52. The fourth-order valence-electron chi connectivity index (χ4n) is 1.62. The van der Waals surface area contributed by atoms with Gasteiger partial charge in [0.2, 0.25) is 0 Å². The van der Waals surface area contributed by atoms with Crippen LogP contribution in [0.5, 0.6) is 5.75 Å². The zero-order chi connectivity index (χ0) is 12.3. The number of anilines is 1. The Hall–Kier alpha value is -2.55. The van der Waals surface area contributed by atoms with E-state index in [0.717, 1.165) is 12.2 Å². The molecule has 0 radical (unpaired) electrons. The Kier molecular flexibility index (Phi) is 2.92. The molecule has 6 heteroatoms. The van der Waals surface area contributed by atoms with Crippen molar-refractivity contribution in [2.24, 2.45) is 10.9 Å². The van der Waals surface area contributed by atoms with Crippen LogP contribution in [0.25, 0.3) is 0 Å². The molecule has 0 saturated heterocycles. The lowest BCUT2D eigenvalue weighted by Crippen LogP contribution is -2.19. The molecule has 4 N–H and O–H groups in total. The summed E-state index contributed by atoms with van der Waals surface area (Å²) in [7, 11) is 0. The van der Waals surface area contributed by atoms with E-state index in [1.54, 1.807) is 18.2 Å². The molecule has 0 bridgehead atoms. The first-order valence-electron chi connectivity index (χ1n) is 5.04. The van der Waals surface area contributed by atoms with Crippen molar-refractivity contribution in [3.8, 4) is 11.8 Å². The highest BCUT2D eigenvalue weighted by Crippen LogP contribution is 2.28. The van der Waals surface area contributed by atoms with E-state index in [2.05, 4.69) is 10.4 Å². The van der Waals surface area contributed by atoms with Gasteiger partial charge in [-0.25, -0.2) is 0 Å². The second kappa shape index (κ2) is 4.53. The molecule has 1 aromatic rings. The SMILES string of the molecule is N#CC(=N)C(=NN)c1ccc2c(c1)OCCN2. The van der Waals surface area contributed by atoms with Crippen molar-refractivity contribution in [1.29, 1.82) is 10.7 Å². The maximum atomic E-state index is 8.68. The van der Waals surface area contributed by atoms with Crippen LogP contribution in [-0.4, -0.2) is 24.6 Å². The molecule has 0 saturated carbocycles. The molecule has 6 nitrogen and oxygen atoms in total. The van der Waals surface area contributed by atoms with E-state index >= 15 is 0 Å². The number of hydrazone groups is 1. The molecule has 2 rings (SSSR count). The fourth-order valence-corrected chi connectivity index (χ4v) is 1.62.